The van der Waals surface area contributed by atoms with Crippen molar-refractivity contribution in [2.24, 2.45) is 0 Å². The van der Waals surface area contributed by atoms with E-state index in [0.29, 0.717) is 18.3 Å². The average molecular weight is 523 g/mol. The Morgan fingerprint density at radius 2 is 1.75 bits per heavy atom. The first-order valence-corrected chi connectivity index (χ1v) is 12.5. The van der Waals surface area contributed by atoms with E-state index in [1.54, 1.807) is 32.0 Å². The number of anilines is 2. The second-order valence-corrected chi connectivity index (χ2v) is 9.63. The molecule has 8 nitrogen and oxygen atoms in total. The van der Waals surface area contributed by atoms with Gasteiger partial charge in [-0.3, -0.25) is 4.72 Å². The van der Waals surface area contributed by atoms with E-state index in [-0.39, 0.29) is 23.6 Å². The second kappa shape index (κ2) is 11.0. The third kappa shape index (κ3) is 6.38. The maximum atomic E-state index is 13.7. The number of hydrogen-bond acceptors (Lipinski definition) is 7. The van der Waals surface area contributed by atoms with Crippen molar-refractivity contribution >= 4 is 27.9 Å². The SMILES string of the molecule is CCC(Nc1cccc(S(=O)(=O)Nc2ccc(C(F)(F)F)c(-c3ccccc3C)n2)n1)C(O)CC=O. The molecule has 0 radical (unpaired) electrons. The summed E-state index contributed by atoms with van der Waals surface area (Å²) < 4.78 is 69.1. The van der Waals surface area contributed by atoms with Crippen LogP contribution in [0.2, 0.25) is 0 Å². The third-order valence-corrected chi connectivity index (χ3v) is 6.67. The lowest BCUT2D eigenvalue weighted by atomic mass is 10.0. The Balaban J connectivity index is 1.94. The number of nitrogens with zero attached hydrogens (tertiary/aromatic N) is 2. The van der Waals surface area contributed by atoms with Crippen molar-refractivity contribution < 1.29 is 31.5 Å². The van der Waals surface area contributed by atoms with Crippen molar-refractivity contribution in [2.45, 2.75) is 50.0 Å². The number of benzene rings is 1. The van der Waals surface area contributed by atoms with Crippen molar-refractivity contribution in [1.82, 2.24) is 9.97 Å². The molecule has 3 N–H and O–H groups in total. The second-order valence-electron chi connectivity index (χ2n) is 8.00. The van der Waals surface area contributed by atoms with E-state index < -0.39 is 44.6 Å². The van der Waals surface area contributed by atoms with Crippen LogP contribution in [0.5, 0.6) is 0 Å². The molecule has 2 atom stereocenters. The predicted octanol–water partition coefficient (Wildman–Crippen LogP) is 4.41. The zero-order valence-electron chi connectivity index (χ0n) is 19.5. The van der Waals surface area contributed by atoms with Crippen molar-refractivity contribution in [2.75, 3.05) is 10.0 Å². The fourth-order valence-corrected chi connectivity index (χ4v) is 4.52. The van der Waals surface area contributed by atoms with Gasteiger partial charge in [0.15, 0.2) is 5.03 Å². The number of carbonyl (C=O) groups is 1. The van der Waals surface area contributed by atoms with Crippen LogP contribution in [-0.2, 0) is 21.0 Å². The van der Waals surface area contributed by atoms with Crippen LogP contribution in [0.3, 0.4) is 0 Å². The molecule has 3 rings (SSSR count). The molecule has 36 heavy (non-hydrogen) atoms. The number of aryl methyl sites for hydroxylation is 1. The van der Waals surface area contributed by atoms with Crippen LogP contribution in [0.4, 0.5) is 24.8 Å². The normalized spacial score (nSPS) is 13.6. The number of rotatable bonds is 10. The van der Waals surface area contributed by atoms with Gasteiger partial charge < -0.3 is 15.2 Å². The van der Waals surface area contributed by atoms with Gasteiger partial charge in [-0.25, -0.2) is 9.97 Å². The van der Waals surface area contributed by atoms with Gasteiger partial charge in [-0.05, 0) is 43.2 Å². The summed E-state index contributed by atoms with van der Waals surface area (Å²) in [6.07, 6.45) is -4.79. The molecular formula is C24H25F3N4O4S. The summed E-state index contributed by atoms with van der Waals surface area (Å²) in [5.74, 6) is -0.176. The monoisotopic (exact) mass is 522 g/mol. The van der Waals surface area contributed by atoms with E-state index in [9.17, 15) is 31.5 Å². The van der Waals surface area contributed by atoms with E-state index in [4.69, 9.17) is 0 Å². The first-order valence-electron chi connectivity index (χ1n) is 11.0. The molecule has 0 saturated carbocycles. The zero-order chi connectivity index (χ0) is 26.5. The maximum absolute atomic E-state index is 13.7. The molecule has 0 aliphatic heterocycles. The van der Waals surface area contributed by atoms with Crippen molar-refractivity contribution in [3.8, 4) is 11.3 Å². The number of pyridine rings is 2. The van der Waals surface area contributed by atoms with E-state index >= 15 is 0 Å². The number of carbonyl (C=O) groups excluding carboxylic acids is 1. The lowest BCUT2D eigenvalue weighted by Crippen LogP contribution is -2.33. The number of aliphatic hydroxyl groups is 1. The third-order valence-electron chi connectivity index (χ3n) is 5.41. The van der Waals surface area contributed by atoms with E-state index in [1.807, 2.05) is 0 Å². The minimum Gasteiger partial charge on any atom is -0.391 e. The molecule has 2 unspecified atom stereocenters. The Morgan fingerprint density at radius 3 is 2.39 bits per heavy atom. The fourth-order valence-electron chi connectivity index (χ4n) is 3.55. The minimum absolute atomic E-state index is 0.103. The van der Waals surface area contributed by atoms with Crippen LogP contribution in [-0.4, -0.2) is 41.9 Å². The number of alkyl halides is 3. The fraction of sp³-hybridized carbons (Fsp3) is 0.292. The Bertz CT molecular complexity index is 1330. The number of aliphatic hydroxyl groups excluding tert-OH is 1. The van der Waals surface area contributed by atoms with E-state index in [2.05, 4.69) is 20.0 Å². The zero-order valence-corrected chi connectivity index (χ0v) is 20.3. The molecule has 0 saturated heterocycles. The van der Waals surface area contributed by atoms with E-state index in [0.717, 1.165) is 12.1 Å². The number of halogens is 3. The molecule has 2 aromatic heterocycles. The van der Waals surface area contributed by atoms with Crippen molar-refractivity contribution in [1.29, 1.82) is 0 Å². The van der Waals surface area contributed by atoms with Gasteiger partial charge in [0, 0.05) is 12.0 Å². The van der Waals surface area contributed by atoms with Gasteiger partial charge >= 0.3 is 6.18 Å². The van der Waals surface area contributed by atoms with Crippen LogP contribution >= 0.6 is 0 Å². The molecule has 0 bridgehead atoms. The van der Waals surface area contributed by atoms with Gasteiger partial charge in [-0.2, -0.15) is 21.6 Å². The van der Waals surface area contributed by atoms with Crippen LogP contribution in [0.1, 0.15) is 30.9 Å². The molecule has 0 amide bonds. The summed E-state index contributed by atoms with van der Waals surface area (Å²) in [4.78, 5) is 18.7. The van der Waals surface area contributed by atoms with Gasteiger partial charge in [0.1, 0.15) is 17.9 Å². The standard InChI is InChI=1S/C24H25F3N4O4S/c1-3-18(19(33)13-14-32)28-20-9-6-10-22(29-20)36(34,35)31-21-12-11-17(24(25,26)27)23(30-21)16-8-5-4-7-15(16)2/h4-12,14,18-19,33H,3,13H2,1-2H3,(H,28,29)(H,30,31). The summed E-state index contributed by atoms with van der Waals surface area (Å²) in [5, 5.41) is 12.6. The maximum Gasteiger partial charge on any atom is 0.418 e. The topological polar surface area (TPSA) is 121 Å². The molecular weight excluding hydrogens is 497 g/mol. The number of sulfonamides is 1. The summed E-state index contributed by atoms with van der Waals surface area (Å²) in [6.45, 7) is 3.40. The highest BCUT2D eigenvalue weighted by Crippen LogP contribution is 2.38. The molecule has 3 aromatic rings. The van der Waals surface area contributed by atoms with Gasteiger partial charge in [-0.1, -0.05) is 37.3 Å². The number of hydrogen-bond donors (Lipinski definition) is 3. The van der Waals surface area contributed by atoms with Crippen LogP contribution in [0.25, 0.3) is 11.3 Å². The molecule has 0 fully saturated rings. The highest BCUT2D eigenvalue weighted by Gasteiger charge is 2.35. The average Bonchev–Trinajstić information content (AvgIpc) is 2.82. The number of aromatic nitrogens is 2. The lowest BCUT2D eigenvalue weighted by molar-refractivity contribution is -0.137. The Labute approximate surface area is 206 Å². The Kier molecular flexibility index (Phi) is 8.31. The summed E-state index contributed by atoms with van der Waals surface area (Å²) in [5.41, 5.74) is -0.643. The minimum atomic E-state index is -4.70. The molecule has 2 heterocycles. The predicted molar refractivity (Wildman–Crippen MR) is 129 cm³/mol. The molecule has 0 spiro atoms. The first-order chi connectivity index (χ1) is 17.0. The van der Waals surface area contributed by atoms with Crippen LogP contribution < -0.4 is 10.0 Å². The van der Waals surface area contributed by atoms with Gasteiger partial charge in [0.05, 0.1) is 23.4 Å². The number of nitrogens with one attached hydrogen (secondary N) is 2. The van der Waals surface area contributed by atoms with Crippen LogP contribution in [0, 0.1) is 6.92 Å². The van der Waals surface area contributed by atoms with Gasteiger partial charge in [0.25, 0.3) is 10.0 Å². The number of aldehydes is 1. The lowest BCUT2D eigenvalue weighted by Gasteiger charge is -2.22. The largest absolute Gasteiger partial charge is 0.418 e. The molecule has 0 aliphatic carbocycles. The Hall–Kier alpha value is -3.51. The highest BCUT2D eigenvalue weighted by atomic mass is 32.2. The first kappa shape index (κ1) is 27.1. The Morgan fingerprint density at radius 1 is 1.03 bits per heavy atom. The highest BCUT2D eigenvalue weighted by molar-refractivity contribution is 7.92. The van der Waals surface area contributed by atoms with Gasteiger partial charge in [-0.15, -0.1) is 0 Å². The molecule has 1 aromatic carbocycles. The van der Waals surface area contributed by atoms with E-state index in [1.165, 1.54) is 24.3 Å². The van der Waals surface area contributed by atoms with Crippen LogP contribution in [0.15, 0.2) is 59.6 Å². The summed E-state index contributed by atoms with van der Waals surface area (Å²) in [6, 6.07) is 11.6. The molecule has 0 aliphatic rings. The molecule has 192 valence electrons. The van der Waals surface area contributed by atoms with Crippen molar-refractivity contribution in [3.63, 3.8) is 0 Å². The van der Waals surface area contributed by atoms with Crippen molar-refractivity contribution in [3.05, 3.63) is 65.7 Å². The summed E-state index contributed by atoms with van der Waals surface area (Å²) >= 11 is 0. The molecule has 12 heteroatoms. The summed E-state index contributed by atoms with van der Waals surface area (Å²) in [7, 11) is -4.33. The van der Waals surface area contributed by atoms with Gasteiger partial charge in [0.2, 0.25) is 0 Å². The smallest absolute Gasteiger partial charge is 0.391 e. The quantitative estimate of drug-likeness (QED) is 0.337.